The van der Waals surface area contributed by atoms with E-state index in [-0.39, 0.29) is 5.82 Å². The van der Waals surface area contributed by atoms with Gasteiger partial charge in [0.05, 0.1) is 4.47 Å². The molecular weight excluding hydrogens is 317 g/mol. The van der Waals surface area contributed by atoms with Gasteiger partial charge in [-0.15, -0.1) is 10.2 Å². The van der Waals surface area contributed by atoms with Crippen LogP contribution in [-0.2, 0) is 6.42 Å². The summed E-state index contributed by atoms with van der Waals surface area (Å²) in [5.41, 5.74) is 0.757. The summed E-state index contributed by atoms with van der Waals surface area (Å²) in [5, 5.41) is 13.1. The number of nitrogens with one attached hydrogen (secondary N) is 1. The molecule has 0 aliphatic heterocycles. The quantitative estimate of drug-likeness (QED) is 0.855. The van der Waals surface area contributed by atoms with Crippen molar-refractivity contribution in [3.63, 3.8) is 0 Å². The number of hydrogen-bond acceptors (Lipinski definition) is 4. The second-order valence-electron chi connectivity index (χ2n) is 3.81. The number of hydrogen-bond donors (Lipinski definition) is 1. The van der Waals surface area contributed by atoms with Crippen molar-refractivity contribution in [2.75, 3.05) is 13.6 Å². The summed E-state index contributed by atoms with van der Waals surface area (Å²) in [4.78, 5) is 0. The molecule has 0 unspecified atom stereocenters. The van der Waals surface area contributed by atoms with Crippen LogP contribution in [0.15, 0.2) is 22.7 Å². The van der Waals surface area contributed by atoms with Gasteiger partial charge in [0.25, 0.3) is 0 Å². The minimum absolute atomic E-state index is 0.278. The molecule has 0 aliphatic carbocycles. The maximum absolute atomic E-state index is 13.4. The Bertz CT molecular complexity index is 530. The van der Waals surface area contributed by atoms with Crippen molar-refractivity contribution in [2.24, 2.45) is 0 Å². The highest BCUT2D eigenvalue weighted by Crippen LogP contribution is 2.32. The molecule has 0 saturated heterocycles. The Morgan fingerprint density at radius 3 is 3.00 bits per heavy atom. The summed E-state index contributed by atoms with van der Waals surface area (Å²) in [6.07, 6.45) is 1.92. The average Bonchev–Trinajstić information content (AvgIpc) is 2.82. The van der Waals surface area contributed by atoms with Crippen molar-refractivity contribution in [2.45, 2.75) is 12.8 Å². The predicted molar refractivity (Wildman–Crippen MR) is 75.3 cm³/mol. The number of nitrogens with zero attached hydrogens (tertiary/aromatic N) is 2. The molecule has 0 fully saturated rings. The maximum atomic E-state index is 13.4. The average molecular weight is 330 g/mol. The molecule has 1 N–H and O–H groups in total. The molecule has 2 rings (SSSR count). The van der Waals surface area contributed by atoms with E-state index in [9.17, 15) is 4.39 Å². The largest absolute Gasteiger partial charge is 0.320 e. The zero-order chi connectivity index (χ0) is 13.0. The lowest BCUT2D eigenvalue weighted by atomic mass is 10.2. The van der Waals surface area contributed by atoms with Crippen LogP contribution in [0.5, 0.6) is 0 Å². The van der Waals surface area contributed by atoms with Gasteiger partial charge in [-0.25, -0.2) is 4.39 Å². The molecule has 2 aromatic rings. The van der Waals surface area contributed by atoms with Crippen LogP contribution in [0.4, 0.5) is 4.39 Å². The lowest BCUT2D eigenvalue weighted by molar-refractivity contribution is 0.621. The van der Waals surface area contributed by atoms with Crippen LogP contribution in [0.2, 0.25) is 0 Å². The molecule has 1 heterocycles. The van der Waals surface area contributed by atoms with E-state index < -0.39 is 0 Å². The highest BCUT2D eigenvalue weighted by molar-refractivity contribution is 9.10. The van der Waals surface area contributed by atoms with Gasteiger partial charge in [-0.2, -0.15) is 0 Å². The van der Waals surface area contributed by atoms with Crippen LogP contribution in [0, 0.1) is 5.82 Å². The van der Waals surface area contributed by atoms with Crippen molar-refractivity contribution >= 4 is 27.3 Å². The fourth-order valence-corrected chi connectivity index (χ4v) is 3.05. The van der Waals surface area contributed by atoms with E-state index in [1.807, 2.05) is 13.1 Å². The van der Waals surface area contributed by atoms with Crippen LogP contribution < -0.4 is 5.32 Å². The van der Waals surface area contributed by atoms with E-state index in [2.05, 4.69) is 31.4 Å². The molecule has 1 aromatic heterocycles. The van der Waals surface area contributed by atoms with Crippen LogP contribution in [0.25, 0.3) is 10.6 Å². The first-order valence-electron chi connectivity index (χ1n) is 5.63. The Morgan fingerprint density at radius 2 is 2.22 bits per heavy atom. The van der Waals surface area contributed by atoms with Gasteiger partial charge in [0.1, 0.15) is 15.8 Å². The molecule has 0 bridgehead atoms. The number of aryl methyl sites for hydroxylation is 1. The van der Waals surface area contributed by atoms with Gasteiger partial charge in [-0.1, -0.05) is 23.5 Å². The Balaban J connectivity index is 2.16. The maximum Gasteiger partial charge on any atom is 0.149 e. The molecule has 0 aliphatic rings. The first-order valence-corrected chi connectivity index (χ1v) is 7.24. The summed E-state index contributed by atoms with van der Waals surface area (Å²) in [7, 11) is 1.93. The fraction of sp³-hybridized carbons (Fsp3) is 0.333. The van der Waals surface area contributed by atoms with Crippen molar-refractivity contribution in [3.05, 3.63) is 33.5 Å². The smallest absolute Gasteiger partial charge is 0.149 e. The van der Waals surface area contributed by atoms with Gasteiger partial charge in [0, 0.05) is 12.0 Å². The van der Waals surface area contributed by atoms with Gasteiger partial charge < -0.3 is 5.32 Å². The molecule has 6 heteroatoms. The Kier molecular flexibility index (Phi) is 4.79. The third-order valence-electron chi connectivity index (χ3n) is 2.47. The van der Waals surface area contributed by atoms with Gasteiger partial charge in [0.2, 0.25) is 0 Å². The molecule has 0 saturated carbocycles. The van der Waals surface area contributed by atoms with Gasteiger partial charge in [0.15, 0.2) is 0 Å². The van der Waals surface area contributed by atoms with E-state index in [1.54, 1.807) is 6.07 Å². The van der Waals surface area contributed by atoms with Crippen molar-refractivity contribution in [1.82, 2.24) is 15.5 Å². The molecule has 0 radical (unpaired) electrons. The van der Waals surface area contributed by atoms with Crippen LogP contribution in [0.1, 0.15) is 11.4 Å². The van der Waals surface area contributed by atoms with Crippen LogP contribution in [0.3, 0.4) is 0 Å². The molecule has 96 valence electrons. The molecular formula is C12H13BrFN3S. The minimum Gasteiger partial charge on any atom is -0.320 e. The van der Waals surface area contributed by atoms with Gasteiger partial charge in [-0.05, 0) is 42.0 Å². The monoisotopic (exact) mass is 329 g/mol. The van der Waals surface area contributed by atoms with Crippen molar-refractivity contribution in [3.8, 4) is 10.6 Å². The lowest BCUT2D eigenvalue weighted by Crippen LogP contribution is -2.08. The van der Waals surface area contributed by atoms with E-state index >= 15 is 0 Å². The van der Waals surface area contributed by atoms with Crippen LogP contribution in [-0.4, -0.2) is 23.8 Å². The molecule has 0 atom stereocenters. The summed E-state index contributed by atoms with van der Waals surface area (Å²) < 4.78 is 13.9. The summed E-state index contributed by atoms with van der Waals surface area (Å²) in [6.45, 7) is 0.957. The number of benzene rings is 1. The minimum atomic E-state index is -0.278. The number of rotatable bonds is 5. The summed E-state index contributed by atoms with van der Waals surface area (Å²) in [6, 6.07) is 4.94. The van der Waals surface area contributed by atoms with E-state index in [0.29, 0.717) is 4.47 Å². The number of halogens is 2. The van der Waals surface area contributed by atoms with Gasteiger partial charge in [-0.3, -0.25) is 0 Å². The van der Waals surface area contributed by atoms with E-state index in [1.165, 1.54) is 17.4 Å². The number of aromatic nitrogens is 2. The second-order valence-corrected chi connectivity index (χ2v) is 5.66. The Labute approximate surface area is 118 Å². The topological polar surface area (TPSA) is 37.8 Å². The molecule has 1 aromatic carbocycles. The standard InChI is InChI=1S/C12H13BrFN3S/c1-15-7-3-6-10-16-17-12(18-10)8-4-2-5-9(14)11(8)13/h2,4-5,15H,3,6-7H2,1H3. The molecule has 18 heavy (non-hydrogen) atoms. The SMILES string of the molecule is CNCCCc1nnc(-c2cccc(F)c2Br)s1. The van der Waals surface area contributed by atoms with Gasteiger partial charge >= 0.3 is 0 Å². The first-order chi connectivity index (χ1) is 8.72. The zero-order valence-electron chi connectivity index (χ0n) is 9.91. The second kappa shape index (κ2) is 6.36. The first kappa shape index (κ1) is 13.6. The Hall–Kier alpha value is -0.850. The molecule has 0 amide bonds. The highest BCUT2D eigenvalue weighted by atomic mass is 79.9. The fourth-order valence-electron chi connectivity index (χ4n) is 1.55. The summed E-state index contributed by atoms with van der Waals surface area (Å²) >= 11 is 4.76. The van der Waals surface area contributed by atoms with Crippen molar-refractivity contribution in [1.29, 1.82) is 0 Å². The lowest BCUT2D eigenvalue weighted by Gasteiger charge is -2.00. The zero-order valence-corrected chi connectivity index (χ0v) is 12.3. The van der Waals surface area contributed by atoms with Crippen molar-refractivity contribution < 1.29 is 4.39 Å². The molecule has 3 nitrogen and oxygen atoms in total. The summed E-state index contributed by atoms with van der Waals surface area (Å²) in [5.74, 6) is -0.278. The third-order valence-corrected chi connectivity index (χ3v) is 4.29. The highest BCUT2D eigenvalue weighted by Gasteiger charge is 2.12. The Morgan fingerprint density at radius 1 is 1.39 bits per heavy atom. The third kappa shape index (κ3) is 3.13. The molecule has 0 spiro atoms. The van der Waals surface area contributed by atoms with Crippen LogP contribution >= 0.6 is 27.3 Å². The predicted octanol–water partition coefficient (Wildman–Crippen LogP) is 3.26. The van der Waals surface area contributed by atoms with E-state index in [0.717, 1.165) is 35.0 Å². The normalized spacial score (nSPS) is 10.8. The van der Waals surface area contributed by atoms with E-state index in [4.69, 9.17) is 0 Å².